The quantitative estimate of drug-likeness (QED) is 0.0539. The van der Waals surface area contributed by atoms with Crippen molar-refractivity contribution in [3.8, 4) is 20.9 Å². The maximum atomic E-state index is 2.69. The van der Waals surface area contributed by atoms with Gasteiger partial charge in [0.2, 0.25) is 0 Å². The Morgan fingerprint density at radius 3 is 1.24 bits per heavy atom. The number of fused-ring (bicyclic) bond motifs is 2. The van der Waals surface area contributed by atoms with Crippen LogP contribution in [0.4, 0.5) is 0 Å². The Balaban J connectivity index is 1.61. The molecule has 0 aliphatic carbocycles. The van der Waals surface area contributed by atoms with E-state index in [2.05, 4.69) is 139 Å². The molecule has 5 rings (SSSR count). The third-order valence-electron chi connectivity index (χ3n) is 10.8. The van der Waals surface area contributed by atoms with Gasteiger partial charge in [-0.15, -0.1) is 0 Å². The van der Waals surface area contributed by atoms with Crippen LogP contribution in [-0.2, 0) is 12.8 Å². The average molecular weight is 961 g/mol. The zero-order chi connectivity index (χ0) is 36.1. The molecule has 0 amide bonds. The predicted molar refractivity (Wildman–Crippen MR) is 242 cm³/mol. The van der Waals surface area contributed by atoms with Crippen molar-refractivity contribution in [3.05, 3.63) is 46.2 Å². The summed E-state index contributed by atoms with van der Waals surface area (Å²) < 4.78 is 6.57. The minimum atomic E-state index is -2.33. The normalized spacial score (nSPS) is 14.0. The first-order valence-corrected chi connectivity index (χ1v) is 43.3. The van der Waals surface area contributed by atoms with Crippen molar-refractivity contribution in [1.82, 2.24) is 0 Å². The first kappa shape index (κ1) is 41.3. The topological polar surface area (TPSA) is 0 Å². The molecule has 0 aliphatic rings. The van der Waals surface area contributed by atoms with Crippen LogP contribution in [0.15, 0.2) is 36.4 Å². The molecule has 0 N–H and O–H groups in total. The van der Waals surface area contributed by atoms with Crippen molar-refractivity contribution in [3.63, 3.8) is 0 Å². The second-order valence-corrected chi connectivity index (χ2v) is 52.4. The van der Waals surface area contributed by atoms with E-state index in [0.717, 1.165) is 11.8 Å². The molecule has 1 aromatic carbocycles. The summed E-state index contributed by atoms with van der Waals surface area (Å²) >= 11 is 3.89. The predicted octanol–water partition coefficient (Wildman–Crippen LogP) is 15.7. The van der Waals surface area contributed by atoms with Gasteiger partial charge >= 0.3 is 295 Å². The van der Waals surface area contributed by atoms with Gasteiger partial charge in [-0.3, -0.25) is 0 Å². The molecule has 0 aliphatic heterocycles. The van der Waals surface area contributed by atoms with Crippen LogP contribution >= 0.6 is 45.3 Å². The fraction of sp³-hybridized carbons (Fsp3) is 0.591. The van der Waals surface area contributed by atoms with Crippen molar-refractivity contribution in [1.29, 1.82) is 0 Å². The van der Waals surface area contributed by atoms with Crippen LogP contribution in [0.25, 0.3) is 41.1 Å². The van der Waals surface area contributed by atoms with Gasteiger partial charge in [0.15, 0.2) is 0 Å². The Hall–Kier alpha value is 0.137. The maximum absolute atomic E-state index is 2.69. The Morgan fingerprint density at radius 2 is 0.900 bits per heavy atom. The van der Waals surface area contributed by atoms with Crippen LogP contribution in [-0.4, -0.2) is 36.8 Å². The Morgan fingerprint density at radius 1 is 0.500 bits per heavy atom. The van der Waals surface area contributed by atoms with Gasteiger partial charge in [0.25, 0.3) is 0 Å². The number of rotatable bonds is 20. The van der Waals surface area contributed by atoms with Gasteiger partial charge in [-0.2, -0.15) is 0 Å². The van der Waals surface area contributed by atoms with E-state index in [0.29, 0.717) is 0 Å². The standard InChI is InChI=1S/C38H48S4.6CH3.2Sn/c1-5-9-11-13-15-27(7-3)25-29-17-19-33(41-29)35-31-21-23-40-38(31)36(32-22-24-39-37(32)35)34-20-18-30(42-34)26-28(8-4)16-14-12-10-6-2;;;;;;;;/h17-22,27-28H,5-16,25-26H2,1-4H3;6*1H3;;. The summed E-state index contributed by atoms with van der Waals surface area (Å²) in [6, 6.07) is 15.4. The van der Waals surface area contributed by atoms with Gasteiger partial charge in [-0.25, -0.2) is 0 Å². The number of thiophene rings is 4. The van der Waals surface area contributed by atoms with E-state index >= 15 is 0 Å². The first-order valence-electron chi connectivity index (χ1n) is 20.1. The van der Waals surface area contributed by atoms with Crippen molar-refractivity contribution in [2.75, 3.05) is 0 Å². The molecule has 5 aromatic rings. The fourth-order valence-electron chi connectivity index (χ4n) is 7.43. The average Bonchev–Trinajstić information content (AvgIpc) is 3.89. The molecule has 2 unspecified atom stereocenters. The van der Waals surface area contributed by atoms with Crippen LogP contribution in [0.3, 0.4) is 0 Å². The summed E-state index contributed by atoms with van der Waals surface area (Å²) in [7, 11) is 0. The molecule has 0 saturated heterocycles. The zero-order valence-corrected chi connectivity index (χ0v) is 42.1. The molecule has 4 aromatic heterocycles. The Kier molecular flexibility index (Phi) is 15.4. The summed E-state index contributed by atoms with van der Waals surface area (Å²) in [5.41, 5.74) is 3.12. The van der Waals surface area contributed by atoms with Crippen molar-refractivity contribution < 1.29 is 0 Å². The van der Waals surface area contributed by atoms with Gasteiger partial charge in [0.05, 0.1) is 0 Å². The van der Waals surface area contributed by atoms with E-state index in [1.165, 1.54) is 99.6 Å². The molecule has 0 saturated carbocycles. The first-order chi connectivity index (χ1) is 23.9. The van der Waals surface area contributed by atoms with Crippen LogP contribution in [0.1, 0.15) is 114 Å². The van der Waals surface area contributed by atoms with Gasteiger partial charge in [-0.05, 0) is 0 Å². The number of benzene rings is 1. The molecule has 0 bridgehead atoms. The minimum absolute atomic E-state index is 0.809. The number of hydrogen-bond acceptors (Lipinski definition) is 4. The van der Waals surface area contributed by atoms with E-state index in [9.17, 15) is 0 Å². The third-order valence-corrected chi connectivity index (χ3v) is 34.2. The van der Waals surface area contributed by atoms with E-state index in [-0.39, 0.29) is 0 Å². The molecular weight excluding hydrogens is 894 g/mol. The summed E-state index contributed by atoms with van der Waals surface area (Å²) in [6.07, 6.45) is 18.8. The van der Waals surface area contributed by atoms with Crippen molar-refractivity contribution in [2.45, 2.75) is 147 Å². The van der Waals surface area contributed by atoms with Crippen LogP contribution in [0.5, 0.6) is 0 Å². The molecule has 0 radical (unpaired) electrons. The SMILES string of the molecule is CCCCCCC(CC)Cc1ccc(-c2c3c[c]([Sn]([CH3])([CH3])[CH3])sc3c(-c3ccc(CC(CC)CCCCCC)s3)c3c[c]([Sn]([CH3])([CH3])[CH3])sc23)s1. The molecule has 274 valence electrons. The molecule has 0 spiro atoms. The van der Waals surface area contributed by atoms with Gasteiger partial charge in [0, 0.05) is 0 Å². The monoisotopic (exact) mass is 962 g/mol. The van der Waals surface area contributed by atoms with E-state index in [1.807, 2.05) is 0 Å². The third kappa shape index (κ3) is 10.3. The molecule has 2 atom stereocenters. The number of hydrogen-bond donors (Lipinski definition) is 0. The van der Waals surface area contributed by atoms with Crippen molar-refractivity contribution in [2.24, 2.45) is 11.8 Å². The molecular formula is C44H66S4Sn2. The van der Waals surface area contributed by atoms with Crippen LogP contribution in [0.2, 0.25) is 29.6 Å². The zero-order valence-electron chi connectivity index (χ0n) is 33.2. The van der Waals surface area contributed by atoms with E-state index in [4.69, 9.17) is 0 Å². The molecule has 0 nitrogen and oxygen atoms in total. The van der Waals surface area contributed by atoms with E-state index < -0.39 is 36.8 Å². The van der Waals surface area contributed by atoms with Crippen molar-refractivity contribution >= 4 is 108 Å². The van der Waals surface area contributed by atoms with Gasteiger partial charge in [-0.1, -0.05) is 39.5 Å². The molecule has 50 heavy (non-hydrogen) atoms. The summed E-state index contributed by atoms with van der Waals surface area (Å²) in [5.74, 6) is 1.62. The summed E-state index contributed by atoms with van der Waals surface area (Å²) in [4.78, 5) is 21.8. The Labute approximate surface area is 330 Å². The number of unbranched alkanes of at least 4 members (excludes halogenated alkanes) is 6. The molecule has 4 heterocycles. The van der Waals surface area contributed by atoms with Gasteiger partial charge < -0.3 is 0 Å². The summed E-state index contributed by atoms with van der Waals surface area (Å²) in [5, 5.41) is 3.10. The van der Waals surface area contributed by atoms with E-state index in [1.54, 1.807) is 46.8 Å². The fourth-order valence-corrected chi connectivity index (χ4v) is 22.8. The van der Waals surface area contributed by atoms with Crippen LogP contribution in [0, 0.1) is 11.8 Å². The van der Waals surface area contributed by atoms with Gasteiger partial charge in [0.1, 0.15) is 0 Å². The molecule has 6 heteroatoms. The van der Waals surface area contributed by atoms with Crippen LogP contribution < -0.4 is 5.79 Å². The molecule has 0 fully saturated rings. The Bertz CT molecular complexity index is 1620. The summed E-state index contributed by atoms with van der Waals surface area (Å²) in [6.45, 7) is 9.47. The second kappa shape index (κ2) is 18.6. The second-order valence-electron chi connectivity index (χ2n) is 17.1.